The molecule has 0 unspecified atom stereocenters. The van der Waals surface area contributed by atoms with Crippen molar-refractivity contribution in [3.8, 4) is 11.5 Å². The molecule has 0 aliphatic carbocycles. The predicted molar refractivity (Wildman–Crippen MR) is 178 cm³/mol. The number of esters is 2. The van der Waals surface area contributed by atoms with Crippen LogP contribution in [0.3, 0.4) is 0 Å². The first-order chi connectivity index (χ1) is 20.6. The first-order valence-corrected chi connectivity index (χ1v) is 18.1. The van der Waals surface area contributed by atoms with Gasteiger partial charge in [-0.25, -0.2) is 0 Å². The highest BCUT2D eigenvalue weighted by Crippen LogP contribution is 2.30. The fraction of sp³-hybridized carbons (Fsp3) is 0.789. The molecule has 4 heteroatoms. The monoisotopic (exact) mass is 586 g/mol. The van der Waals surface area contributed by atoms with E-state index in [1.165, 1.54) is 122 Å². The van der Waals surface area contributed by atoms with Crippen LogP contribution in [0, 0.1) is 0 Å². The number of hydrogen-bond acceptors (Lipinski definition) is 4. The summed E-state index contributed by atoms with van der Waals surface area (Å²) in [6.45, 7) is 6.72. The number of benzene rings is 1. The zero-order valence-corrected chi connectivity index (χ0v) is 28.0. The Morgan fingerprint density at radius 3 is 1.24 bits per heavy atom. The summed E-state index contributed by atoms with van der Waals surface area (Å²) < 4.78 is 11.5. The zero-order valence-electron chi connectivity index (χ0n) is 28.0. The summed E-state index contributed by atoms with van der Waals surface area (Å²) >= 11 is 0. The fourth-order valence-corrected chi connectivity index (χ4v) is 5.49. The summed E-state index contributed by atoms with van der Waals surface area (Å²) in [5.41, 5.74) is 1.14. The van der Waals surface area contributed by atoms with Gasteiger partial charge in [0.1, 0.15) is 0 Å². The molecule has 0 aromatic heterocycles. The summed E-state index contributed by atoms with van der Waals surface area (Å²) in [6, 6.07) is 5.77. The molecule has 4 nitrogen and oxygen atoms in total. The van der Waals surface area contributed by atoms with Gasteiger partial charge in [0.2, 0.25) is 0 Å². The molecule has 0 atom stereocenters. The van der Waals surface area contributed by atoms with Gasteiger partial charge < -0.3 is 9.47 Å². The van der Waals surface area contributed by atoms with E-state index in [2.05, 4.69) is 20.8 Å². The second kappa shape index (κ2) is 28.0. The highest BCUT2D eigenvalue weighted by Gasteiger charge is 2.15. The minimum atomic E-state index is -0.240. The quantitative estimate of drug-likeness (QED) is 0.0532. The summed E-state index contributed by atoms with van der Waals surface area (Å²) in [6.07, 6.45) is 31.1. The molecule has 42 heavy (non-hydrogen) atoms. The molecule has 0 aliphatic heterocycles. The Morgan fingerprint density at radius 1 is 0.452 bits per heavy atom. The molecule has 0 N–H and O–H groups in total. The van der Waals surface area contributed by atoms with Gasteiger partial charge in [-0.05, 0) is 43.4 Å². The molecule has 0 amide bonds. The van der Waals surface area contributed by atoms with Gasteiger partial charge >= 0.3 is 11.9 Å². The maximum atomic E-state index is 12.7. The molecular weight excluding hydrogens is 520 g/mol. The van der Waals surface area contributed by atoms with Crippen molar-refractivity contribution < 1.29 is 19.1 Å². The minimum absolute atomic E-state index is 0.232. The van der Waals surface area contributed by atoms with Crippen molar-refractivity contribution in [2.45, 2.75) is 194 Å². The first-order valence-electron chi connectivity index (χ1n) is 18.1. The third-order valence-electron chi connectivity index (χ3n) is 8.24. The standard InChI is InChI=1S/C38H66O4/c1-4-7-10-13-16-17-18-21-22-25-28-34-31-32-35(41-37(39)29-26-23-19-14-11-8-5-2)36(33-34)42-38(40)30-27-24-20-15-12-9-6-3/h31-33H,4-30H2,1-3H3. The number of carbonyl (C=O) groups excluding carboxylic acids is 2. The van der Waals surface area contributed by atoms with E-state index in [1.54, 1.807) is 0 Å². The molecule has 0 saturated heterocycles. The van der Waals surface area contributed by atoms with Gasteiger partial charge in [-0.3, -0.25) is 9.59 Å². The normalized spacial score (nSPS) is 11.1. The van der Waals surface area contributed by atoms with Crippen LogP contribution in [0.15, 0.2) is 18.2 Å². The third-order valence-corrected chi connectivity index (χ3v) is 8.24. The van der Waals surface area contributed by atoms with Gasteiger partial charge in [0.15, 0.2) is 11.5 Å². The van der Waals surface area contributed by atoms with Crippen LogP contribution in [0.25, 0.3) is 0 Å². The van der Waals surface area contributed by atoms with Crippen LogP contribution >= 0.6 is 0 Å². The molecule has 0 saturated carbocycles. The van der Waals surface area contributed by atoms with Gasteiger partial charge in [0.25, 0.3) is 0 Å². The molecule has 1 rings (SSSR count). The molecular formula is C38H66O4. The third kappa shape index (κ3) is 21.8. The molecule has 0 spiro atoms. The number of aryl methyl sites for hydroxylation is 1. The molecule has 0 radical (unpaired) electrons. The molecule has 1 aromatic carbocycles. The summed E-state index contributed by atoms with van der Waals surface area (Å²) in [5, 5.41) is 0. The van der Waals surface area contributed by atoms with Crippen molar-refractivity contribution in [3.05, 3.63) is 23.8 Å². The van der Waals surface area contributed by atoms with Crippen molar-refractivity contribution in [1.29, 1.82) is 0 Å². The highest BCUT2D eigenvalue weighted by atomic mass is 16.6. The van der Waals surface area contributed by atoms with E-state index in [4.69, 9.17) is 9.47 Å². The van der Waals surface area contributed by atoms with Crippen LogP contribution < -0.4 is 9.47 Å². The number of hydrogen-bond donors (Lipinski definition) is 0. The molecule has 242 valence electrons. The second-order valence-corrected chi connectivity index (χ2v) is 12.4. The lowest BCUT2D eigenvalue weighted by Crippen LogP contribution is -2.12. The Morgan fingerprint density at radius 2 is 0.810 bits per heavy atom. The lowest BCUT2D eigenvalue weighted by atomic mass is 10.0. The number of rotatable bonds is 29. The summed E-state index contributed by atoms with van der Waals surface area (Å²) in [4.78, 5) is 25.3. The SMILES string of the molecule is CCCCCCCCCCCCc1ccc(OC(=O)CCCCCCCCC)c(OC(=O)CCCCCCCCC)c1. The average molecular weight is 587 g/mol. The maximum absolute atomic E-state index is 12.7. The Bertz CT molecular complexity index is 787. The topological polar surface area (TPSA) is 52.6 Å². The van der Waals surface area contributed by atoms with E-state index in [1.807, 2.05) is 18.2 Å². The zero-order chi connectivity index (χ0) is 30.5. The van der Waals surface area contributed by atoms with Crippen molar-refractivity contribution in [1.82, 2.24) is 0 Å². The molecule has 0 fully saturated rings. The minimum Gasteiger partial charge on any atom is -0.423 e. The Kier molecular flexibility index (Phi) is 25.4. The van der Waals surface area contributed by atoms with Crippen LogP contribution in [0.5, 0.6) is 11.5 Å². The van der Waals surface area contributed by atoms with Gasteiger partial charge in [0.05, 0.1) is 0 Å². The summed E-state index contributed by atoms with van der Waals surface area (Å²) in [5.74, 6) is 0.308. The fourth-order valence-electron chi connectivity index (χ4n) is 5.49. The van der Waals surface area contributed by atoms with Gasteiger partial charge in [0, 0.05) is 12.8 Å². The summed E-state index contributed by atoms with van der Waals surface area (Å²) in [7, 11) is 0. The first kappa shape index (κ1) is 38.2. The second-order valence-electron chi connectivity index (χ2n) is 12.4. The van der Waals surface area contributed by atoms with E-state index in [9.17, 15) is 9.59 Å². The van der Waals surface area contributed by atoms with Gasteiger partial charge in [-0.2, -0.15) is 0 Å². The molecule has 0 aliphatic rings. The van der Waals surface area contributed by atoms with Crippen molar-refractivity contribution >= 4 is 11.9 Å². The predicted octanol–water partition coefficient (Wildman–Crippen LogP) is 12.2. The highest BCUT2D eigenvalue weighted by molar-refractivity contribution is 5.76. The van der Waals surface area contributed by atoms with E-state index in [-0.39, 0.29) is 11.9 Å². The van der Waals surface area contributed by atoms with E-state index in [0.717, 1.165) is 44.1 Å². The van der Waals surface area contributed by atoms with Crippen LogP contribution in [0.4, 0.5) is 0 Å². The van der Waals surface area contributed by atoms with Crippen molar-refractivity contribution in [2.75, 3.05) is 0 Å². The maximum Gasteiger partial charge on any atom is 0.311 e. The Balaban J connectivity index is 2.54. The van der Waals surface area contributed by atoms with Crippen LogP contribution in [0.2, 0.25) is 0 Å². The van der Waals surface area contributed by atoms with Gasteiger partial charge in [-0.15, -0.1) is 0 Å². The van der Waals surface area contributed by atoms with Crippen LogP contribution in [-0.4, -0.2) is 11.9 Å². The lowest BCUT2D eigenvalue weighted by Gasteiger charge is -2.13. The van der Waals surface area contributed by atoms with E-state index >= 15 is 0 Å². The largest absolute Gasteiger partial charge is 0.423 e. The average Bonchev–Trinajstić information content (AvgIpc) is 2.98. The smallest absolute Gasteiger partial charge is 0.311 e. The lowest BCUT2D eigenvalue weighted by molar-refractivity contribution is -0.137. The Hall–Kier alpha value is -1.84. The number of unbranched alkanes of at least 4 members (excludes halogenated alkanes) is 21. The van der Waals surface area contributed by atoms with E-state index in [0.29, 0.717) is 24.3 Å². The Labute approximate surface area is 260 Å². The van der Waals surface area contributed by atoms with Crippen LogP contribution in [-0.2, 0) is 16.0 Å². The molecule has 1 aromatic rings. The van der Waals surface area contributed by atoms with Gasteiger partial charge in [-0.1, -0.05) is 162 Å². The number of carbonyl (C=O) groups is 2. The van der Waals surface area contributed by atoms with E-state index < -0.39 is 0 Å². The molecule has 0 heterocycles. The van der Waals surface area contributed by atoms with Crippen molar-refractivity contribution in [3.63, 3.8) is 0 Å². The molecule has 0 bridgehead atoms. The van der Waals surface area contributed by atoms with Crippen LogP contribution in [0.1, 0.15) is 193 Å². The van der Waals surface area contributed by atoms with Crippen molar-refractivity contribution in [2.24, 2.45) is 0 Å². The number of ether oxygens (including phenoxy) is 2.